The van der Waals surface area contributed by atoms with Gasteiger partial charge in [0.2, 0.25) is 11.8 Å². The molecule has 1 fully saturated rings. The third-order valence-electron chi connectivity index (χ3n) is 5.26. The molecule has 1 aliphatic heterocycles. The Kier molecular flexibility index (Phi) is 7.60. The number of carbonyl (C=O) groups excluding carboxylic acids is 2. The van der Waals surface area contributed by atoms with Crippen LogP contribution in [0, 0.1) is 0 Å². The molecule has 1 aromatic carbocycles. The lowest BCUT2D eigenvalue weighted by Gasteiger charge is -2.26. The topological polar surface area (TPSA) is 74.8 Å². The number of hydrogen-bond acceptors (Lipinski definition) is 6. The highest BCUT2D eigenvalue weighted by atomic mass is 32.1. The van der Waals surface area contributed by atoms with Crippen molar-refractivity contribution in [1.29, 1.82) is 0 Å². The second kappa shape index (κ2) is 10.4. The van der Waals surface area contributed by atoms with Crippen molar-refractivity contribution in [2.24, 2.45) is 0 Å². The van der Waals surface area contributed by atoms with Crippen molar-refractivity contribution >= 4 is 28.3 Å². The van der Waals surface area contributed by atoms with Gasteiger partial charge in [0.05, 0.1) is 13.2 Å². The number of benzene rings is 1. The average Bonchev–Trinajstić information content (AvgIpc) is 3.13. The summed E-state index contributed by atoms with van der Waals surface area (Å²) in [6.07, 6.45) is 3.75. The van der Waals surface area contributed by atoms with Gasteiger partial charge in [0, 0.05) is 44.2 Å². The molecule has 1 N–H and O–H groups in total. The number of nitrogens with one attached hydrogen (secondary N) is 1. The molecule has 0 aliphatic carbocycles. The Morgan fingerprint density at radius 2 is 2.00 bits per heavy atom. The lowest BCUT2D eigenvalue weighted by molar-refractivity contribution is -0.131. The molecule has 3 rings (SSSR count). The summed E-state index contributed by atoms with van der Waals surface area (Å²) in [4.78, 5) is 33.3. The number of methoxy groups -OCH3 is 1. The van der Waals surface area contributed by atoms with Crippen LogP contribution in [0.15, 0.2) is 35.8 Å². The Hall–Kier alpha value is -2.45. The first-order chi connectivity index (χ1) is 14.1. The summed E-state index contributed by atoms with van der Waals surface area (Å²) in [6, 6.07) is 7.58. The third-order valence-corrected chi connectivity index (χ3v) is 5.95. The quantitative estimate of drug-likeness (QED) is 0.751. The predicted octanol–water partition coefficient (Wildman–Crippen LogP) is 2.65. The summed E-state index contributed by atoms with van der Waals surface area (Å²) < 4.78 is 5.17. The normalized spacial score (nSPS) is 16.1. The van der Waals surface area contributed by atoms with Crippen LogP contribution in [0.2, 0.25) is 0 Å². The molecule has 1 aliphatic rings. The van der Waals surface area contributed by atoms with E-state index in [1.54, 1.807) is 13.3 Å². The van der Waals surface area contributed by atoms with E-state index in [0.717, 1.165) is 37.2 Å². The minimum absolute atomic E-state index is 0.0563. The number of rotatable bonds is 7. The zero-order valence-corrected chi connectivity index (χ0v) is 17.8. The van der Waals surface area contributed by atoms with E-state index < -0.39 is 0 Å². The monoisotopic (exact) mass is 416 g/mol. The molecule has 1 saturated heterocycles. The molecule has 8 heteroatoms. The van der Waals surface area contributed by atoms with Crippen LogP contribution in [0.3, 0.4) is 0 Å². The van der Waals surface area contributed by atoms with Gasteiger partial charge in [-0.15, -0.1) is 11.3 Å². The molecule has 2 amide bonds. The molecule has 1 unspecified atom stereocenters. The van der Waals surface area contributed by atoms with Crippen molar-refractivity contribution in [2.75, 3.05) is 38.6 Å². The van der Waals surface area contributed by atoms with E-state index in [4.69, 9.17) is 4.74 Å². The smallest absolute Gasteiger partial charge is 0.243 e. The van der Waals surface area contributed by atoms with Crippen molar-refractivity contribution in [3.8, 4) is 5.75 Å². The van der Waals surface area contributed by atoms with E-state index in [0.29, 0.717) is 24.6 Å². The molecule has 0 radical (unpaired) electrons. The summed E-state index contributed by atoms with van der Waals surface area (Å²) >= 11 is 1.41. The van der Waals surface area contributed by atoms with Crippen LogP contribution in [-0.4, -0.2) is 65.9 Å². The lowest BCUT2D eigenvalue weighted by Crippen LogP contribution is -2.44. The number of anilines is 1. The average molecular weight is 417 g/mol. The summed E-state index contributed by atoms with van der Waals surface area (Å²) in [6.45, 7) is 4.79. The first-order valence-electron chi connectivity index (χ1n) is 9.92. The van der Waals surface area contributed by atoms with Crippen molar-refractivity contribution in [3.05, 3.63) is 41.4 Å². The second-order valence-electron chi connectivity index (χ2n) is 7.12. The maximum atomic E-state index is 12.7. The van der Waals surface area contributed by atoms with Crippen molar-refractivity contribution in [1.82, 2.24) is 14.8 Å². The zero-order valence-electron chi connectivity index (χ0n) is 17.0. The van der Waals surface area contributed by atoms with E-state index in [9.17, 15) is 9.59 Å². The van der Waals surface area contributed by atoms with E-state index in [1.165, 1.54) is 11.3 Å². The first-order valence-corrected chi connectivity index (χ1v) is 10.8. The van der Waals surface area contributed by atoms with Crippen LogP contribution in [0.5, 0.6) is 5.75 Å². The van der Waals surface area contributed by atoms with Crippen LogP contribution < -0.4 is 10.1 Å². The zero-order chi connectivity index (χ0) is 20.6. The van der Waals surface area contributed by atoms with Crippen LogP contribution in [0.1, 0.15) is 25.3 Å². The standard InChI is InChI=1S/C21H28N4O3S/c1-16(20(27)23-21-22-10-15-29-21)24-11-3-12-25(14-13-24)19(26)9-6-17-4-7-18(28-2)8-5-17/h4-5,7-8,10,15-16H,3,6,9,11-14H2,1-2H3,(H,22,23,27). The van der Waals surface area contributed by atoms with Gasteiger partial charge < -0.3 is 15.0 Å². The number of aryl methyl sites for hydroxylation is 1. The molecule has 2 aromatic rings. The Morgan fingerprint density at radius 1 is 1.21 bits per heavy atom. The van der Waals surface area contributed by atoms with Gasteiger partial charge in [-0.2, -0.15) is 0 Å². The molecular formula is C21H28N4O3S. The SMILES string of the molecule is COc1ccc(CCC(=O)N2CCCN(C(C)C(=O)Nc3nccs3)CC2)cc1. The van der Waals surface area contributed by atoms with Gasteiger partial charge in [0.25, 0.3) is 0 Å². The number of nitrogens with zero attached hydrogens (tertiary/aromatic N) is 3. The Balaban J connectivity index is 1.46. The fourth-order valence-electron chi connectivity index (χ4n) is 3.44. The van der Waals surface area contributed by atoms with Crippen molar-refractivity contribution < 1.29 is 14.3 Å². The minimum Gasteiger partial charge on any atom is -0.497 e. The van der Waals surface area contributed by atoms with Gasteiger partial charge in [-0.05, 0) is 37.5 Å². The van der Waals surface area contributed by atoms with Crippen molar-refractivity contribution in [2.45, 2.75) is 32.2 Å². The Labute approximate surface area is 175 Å². The molecule has 0 saturated carbocycles. The molecule has 0 bridgehead atoms. The van der Waals surface area contributed by atoms with Gasteiger partial charge in [-0.25, -0.2) is 4.98 Å². The number of hydrogen-bond donors (Lipinski definition) is 1. The number of aromatic nitrogens is 1. The Bertz CT molecular complexity index is 795. The molecule has 1 atom stereocenters. The minimum atomic E-state index is -0.256. The summed E-state index contributed by atoms with van der Waals surface area (Å²) in [5.74, 6) is 0.933. The summed E-state index contributed by atoms with van der Waals surface area (Å²) in [5, 5.41) is 5.31. The van der Waals surface area contributed by atoms with Gasteiger partial charge in [0.15, 0.2) is 5.13 Å². The second-order valence-corrected chi connectivity index (χ2v) is 8.02. The van der Waals surface area contributed by atoms with E-state index in [2.05, 4.69) is 15.2 Å². The summed E-state index contributed by atoms with van der Waals surface area (Å²) in [7, 11) is 1.64. The molecule has 1 aromatic heterocycles. The van der Waals surface area contributed by atoms with Crippen LogP contribution >= 0.6 is 11.3 Å². The molecular weight excluding hydrogens is 388 g/mol. The highest BCUT2D eigenvalue weighted by Gasteiger charge is 2.26. The lowest BCUT2D eigenvalue weighted by atomic mass is 10.1. The van der Waals surface area contributed by atoms with Gasteiger partial charge in [-0.3, -0.25) is 14.5 Å². The number of amides is 2. The maximum absolute atomic E-state index is 12.7. The number of carbonyl (C=O) groups is 2. The highest BCUT2D eigenvalue weighted by molar-refractivity contribution is 7.13. The van der Waals surface area contributed by atoms with E-state index >= 15 is 0 Å². The Morgan fingerprint density at radius 3 is 2.69 bits per heavy atom. The fourth-order valence-corrected chi connectivity index (χ4v) is 3.97. The number of thiazole rings is 1. The molecule has 156 valence electrons. The van der Waals surface area contributed by atoms with Crippen LogP contribution in [-0.2, 0) is 16.0 Å². The van der Waals surface area contributed by atoms with E-state index in [-0.39, 0.29) is 17.9 Å². The molecule has 29 heavy (non-hydrogen) atoms. The molecule has 7 nitrogen and oxygen atoms in total. The largest absolute Gasteiger partial charge is 0.497 e. The fraction of sp³-hybridized carbons (Fsp3) is 0.476. The summed E-state index contributed by atoms with van der Waals surface area (Å²) in [5.41, 5.74) is 1.13. The van der Waals surface area contributed by atoms with Gasteiger partial charge >= 0.3 is 0 Å². The van der Waals surface area contributed by atoms with Gasteiger partial charge in [0.1, 0.15) is 5.75 Å². The predicted molar refractivity (Wildman–Crippen MR) is 114 cm³/mol. The van der Waals surface area contributed by atoms with Gasteiger partial charge in [-0.1, -0.05) is 12.1 Å². The van der Waals surface area contributed by atoms with E-state index in [1.807, 2.05) is 41.5 Å². The first kappa shape index (κ1) is 21.3. The van der Waals surface area contributed by atoms with Crippen molar-refractivity contribution in [3.63, 3.8) is 0 Å². The number of ether oxygens (including phenoxy) is 1. The molecule has 2 heterocycles. The maximum Gasteiger partial charge on any atom is 0.243 e. The highest BCUT2D eigenvalue weighted by Crippen LogP contribution is 2.15. The van der Waals surface area contributed by atoms with Crippen LogP contribution in [0.25, 0.3) is 0 Å². The van der Waals surface area contributed by atoms with Crippen LogP contribution in [0.4, 0.5) is 5.13 Å². The third kappa shape index (κ3) is 6.01. The molecule has 0 spiro atoms.